The maximum absolute atomic E-state index is 13.6. The van der Waals surface area contributed by atoms with Gasteiger partial charge in [-0.3, -0.25) is 4.79 Å². The number of carbonyl (C=O) groups excluding carboxylic acids is 1. The van der Waals surface area contributed by atoms with Crippen LogP contribution in [0.3, 0.4) is 0 Å². The summed E-state index contributed by atoms with van der Waals surface area (Å²) >= 11 is 0. The minimum atomic E-state index is -3.75. The molecular weight excluding hydrogens is 384 g/mol. The van der Waals surface area contributed by atoms with Crippen LogP contribution in [0.5, 0.6) is 0 Å². The van der Waals surface area contributed by atoms with Crippen molar-refractivity contribution in [2.75, 3.05) is 0 Å². The van der Waals surface area contributed by atoms with Crippen molar-refractivity contribution in [3.05, 3.63) is 29.3 Å². The topological polar surface area (TPSA) is 89.3 Å². The highest BCUT2D eigenvalue weighted by atomic mass is 35.5. The molecule has 0 aromatic heterocycles. The van der Waals surface area contributed by atoms with E-state index >= 15 is 0 Å². The van der Waals surface area contributed by atoms with E-state index in [2.05, 4.69) is 5.32 Å². The van der Waals surface area contributed by atoms with Gasteiger partial charge in [0.1, 0.15) is 0 Å². The van der Waals surface area contributed by atoms with Crippen molar-refractivity contribution in [2.45, 2.75) is 86.9 Å². The summed E-state index contributed by atoms with van der Waals surface area (Å²) in [7, 11) is -3.75. The number of aryl methyl sites for hydroxylation is 2. The van der Waals surface area contributed by atoms with Gasteiger partial charge in [-0.15, -0.1) is 12.4 Å². The van der Waals surface area contributed by atoms with E-state index in [0.29, 0.717) is 23.3 Å². The maximum atomic E-state index is 13.6. The summed E-state index contributed by atoms with van der Waals surface area (Å²) in [6.45, 7) is 3.68. The Morgan fingerprint density at radius 2 is 1.70 bits per heavy atom. The molecule has 0 spiro atoms. The van der Waals surface area contributed by atoms with Gasteiger partial charge >= 0.3 is 0 Å². The summed E-state index contributed by atoms with van der Waals surface area (Å²) in [5, 5.41) is 3.06. The molecule has 0 heterocycles. The third-order valence-corrected chi connectivity index (χ3v) is 8.72. The highest BCUT2D eigenvalue weighted by Gasteiger charge is 2.53. The molecule has 27 heavy (non-hydrogen) atoms. The molecule has 3 N–H and O–H groups in total. The van der Waals surface area contributed by atoms with Gasteiger partial charge in [0.15, 0.2) is 14.6 Å². The summed E-state index contributed by atoms with van der Waals surface area (Å²) < 4.78 is 25.8. The Kier molecular flexibility index (Phi) is 6.98. The molecule has 3 rings (SSSR count). The fourth-order valence-electron chi connectivity index (χ4n) is 4.35. The molecule has 0 atom stereocenters. The number of benzene rings is 1. The number of sulfone groups is 1. The van der Waals surface area contributed by atoms with Gasteiger partial charge in [-0.1, -0.05) is 25.0 Å². The van der Waals surface area contributed by atoms with Gasteiger partial charge in [-0.2, -0.15) is 0 Å². The van der Waals surface area contributed by atoms with Crippen LogP contribution in [0, 0.1) is 13.8 Å². The first-order valence-corrected chi connectivity index (χ1v) is 11.1. The van der Waals surface area contributed by atoms with Gasteiger partial charge in [0.05, 0.1) is 4.90 Å². The highest BCUT2D eigenvalue weighted by Crippen LogP contribution is 2.42. The van der Waals surface area contributed by atoms with E-state index in [-0.39, 0.29) is 30.4 Å². The molecule has 1 aromatic carbocycles. The molecule has 2 aliphatic carbocycles. The van der Waals surface area contributed by atoms with Gasteiger partial charge in [0.2, 0.25) is 5.91 Å². The number of carbonyl (C=O) groups is 1. The molecule has 1 amide bonds. The number of hydrogen-bond acceptors (Lipinski definition) is 4. The van der Waals surface area contributed by atoms with Gasteiger partial charge in [-0.25, -0.2) is 8.42 Å². The number of rotatable bonds is 4. The van der Waals surface area contributed by atoms with Crippen molar-refractivity contribution in [1.82, 2.24) is 5.32 Å². The zero-order valence-electron chi connectivity index (χ0n) is 16.2. The lowest BCUT2D eigenvalue weighted by Gasteiger charge is -2.33. The summed E-state index contributed by atoms with van der Waals surface area (Å²) in [4.78, 5) is 13.5. The monoisotopic (exact) mass is 414 g/mol. The molecule has 2 saturated carbocycles. The lowest BCUT2D eigenvalue weighted by atomic mass is 9.91. The molecule has 0 bridgehead atoms. The predicted octanol–water partition coefficient (Wildman–Crippen LogP) is 3.20. The van der Waals surface area contributed by atoms with Crippen molar-refractivity contribution < 1.29 is 13.2 Å². The molecule has 0 saturated heterocycles. The molecular formula is C20H31ClN2O3S. The summed E-state index contributed by atoms with van der Waals surface area (Å²) in [6.07, 6.45) is 5.75. The molecule has 2 fully saturated rings. The smallest absolute Gasteiger partial charge is 0.242 e. The molecule has 0 radical (unpaired) electrons. The van der Waals surface area contributed by atoms with Gasteiger partial charge in [0.25, 0.3) is 0 Å². The van der Waals surface area contributed by atoms with Crippen LogP contribution in [0.2, 0.25) is 0 Å². The van der Waals surface area contributed by atoms with E-state index in [0.717, 1.165) is 44.1 Å². The zero-order chi connectivity index (χ0) is 18.9. The zero-order valence-corrected chi connectivity index (χ0v) is 17.8. The Labute approximate surface area is 168 Å². The summed E-state index contributed by atoms with van der Waals surface area (Å²) in [6, 6.07) is 5.67. The van der Waals surface area contributed by atoms with Crippen LogP contribution in [-0.2, 0) is 14.6 Å². The van der Waals surface area contributed by atoms with Crippen LogP contribution < -0.4 is 11.1 Å². The van der Waals surface area contributed by atoms with Crippen molar-refractivity contribution in [3.8, 4) is 0 Å². The van der Waals surface area contributed by atoms with Crippen LogP contribution >= 0.6 is 12.4 Å². The molecule has 2 aliphatic rings. The Hall–Kier alpha value is -1.11. The highest BCUT2D eigenvalue weighted by molar-refractivity contribution is 7.93. The van der Waals surface area contributed by atoms with Gasteiger partial charge in [-0.05, 0) is 69.6 Å². The van der Waals surface area contributed by atoms with Crippen LogP contribution in [-0.4, -0.2) is 31.2 Å². The van der Waals surface area contributed by atoms with E-state index in [9.17, 15) is 13.2 Å². The average Bonchev–Trinajstić information content (AvgIpc) is 3.11. The third-order valence-electron chi connectivity index (χ3n) is 6.08. The molecule has 1 aromatic rings. The first-order chi connectivity index (χ1) is 12.3. The average molecular weight is 415 g/mol. The minimum absolute atomic E-state index is 0. The number of halogens is 1. The van der Waals surface area contributed by atoms with Crippen molar-refractivity contribution in [2.24, 2.45) is 5.73 Å². The van der Waals surface area contributed by atoms with E-state index < -0.39 is 14.6 Å². The number of hydrogen-bond donors (Lipinski definition) is 2. The van der Waals surface area contributed by atoms with E-state index in [4.69, 9.17) is 5.73 Å². The predicted molar refractivity (Wildman–Crippen MR) is 110 cm³/mol. The number of nitrogens with one attached hydrogen (secondary N) is 1. The Morgan fingerprint density at radius 1 is 1.11 bits per heavy atom. The second-order valence-electron chi connectivity index (χ2n) is 8.06. The van der Waals surface area contributed by atoms with Crippen molar-refractivity contribution in [3.63, 3.8) is 0 Å². The largest absolute Gasteiger partial charge is 0.352 e. The Morgan fingerprint density at radius 3 is 2.30 bits per heavy atom. The van der Waals surface area contributed by atoms with Crippen LogP contribution in [0.1, 0.15) is 62.5 Å². The molecule has 5 nitrogen and oxygen atoms in total. The van der Waals surface area contributed by atoms with Crippen LogP contribution in [0.25, 0.3) is 0 Å². The quantitative estimate of drug-likeness (QED) is 0.791. The number of amides is 1. The second kappa shape index (κ2) is 8.50. The van der Waals surface area contributed by atoms with E-state index in [1.54, 1.807) is 13.0 Å². The minimum Gasteiger partial charge on any atom is -0.352 e. The summed E-state index contributed by atoms with van der Waals surface area (Å²) in [5.41, 5.74) is 7.54. The lowest BCUT2D eigenvalue weighted by molar-refractivity contribution is -0.124. The lowest BCUT2D eigenvalue weighted by Crippen LogP contribution is -2.54. The van der Waals surface area contributed by atoms with Gasteiger partial charge in [0, 0.05) is 12.1 Å². The third kappa shape index (κ3) is 4.17. The molecule has 0 aliphatic heterocycles. The SMILES string of the molecule is Cc1ccc(C)c(S(=O)(=O)C2(C(=O)NC3CCC(N)CC3)CCCC2)c1.Cl. The Balaban J connectivity index is 0.00000261. The molecule has 152 valence electrons. The fraction of sp³-hybridized carbons (Fsp3) is 0.650. The molecule has 7 heteroatoms. The second-order valence-corrected chi connectivity index (χ2v) is 10.3. The van der Waals surface area contributed by atoms with Crippen LogP contribution in [0.4, 0.5) is 0 Å². The first-order valence-electron chi connectivity index (χ1n) is 9.65. The summed E-state index contributed by atoms with van der Waals surface area (Å²) in [5.74, 6) is -0.309. The molecule has 0 unspecified atom stereocenters. The Bertz CT molecular complexity index is 780. The maximum Gasteiger partial charge on any atom is 0.242 e. The number of nitrogens with two attached hydrogens (primary N) is 1. The van der Waals surface area contributed by atoms with Gasteiger partial charge < -0.3 is 11.1 Å². The van der Waals surface area contributed by atoms with Crippen molar-refractivity contribution >= 4 is 28.2 Å². The standard InChI is InChI=1S/C20H30N2O3S.ClH/c1-14-5-6-15(2)18(13-14)26(24,25)20(11-3-4-12-20)19(23)22-17-9-7-16(21)8-10-17;/h5-6,13,16-17H,3-4,7-12,21H2,1-2H3,(H,22,23);1H. The van der Waals surface area contributed by atoms with E-state index in [1.807, 2.05) is 19.1 Å². The van der Waals surface area contributed by atoms with E-state index in [1.165, 1.54) is 0 Å². The normalized spacial score (nSPS) is 24.9. The first kappa shape index (κ1) is 22.2. The van der Waals surface area contributed by atoms with Crippen molar-refractivity contribution in [1.29, 1.82) is 0 Å². The fourth-order valence-corrected chi connectivity index (χ4v) is 6.73. The van der Waals surface area contributed by atoms with Crippen LogP contribution in [0.15, 0.2) is 23.1 Å².